The van der Waals surface area contributed by atoms with Crippen molar-refractivity contribution in [1.82, 2.24) is 10.6 Å². The van der Waals surface area contributed by atoms with Gasteiger partial charge in [0.25, 0.3) is 0 Å². The quantitative estimate of drug-likeness (QED) is 0.674. The van der Waals surface area contributed by atoms with Crippen LogP contribution in [0, 0.1) is 0 Å². The highest BCUT2D eigenvalue weighted by Crippen LogP contribution is 1.80. The van der Waals surface area contributed by atoms with Crippen LogP contribution in [0.25, 0.3) is 0 Å². The summed E-state index contributed by atoms with van der Waals surface area (Å²) in [6.45, 7) is 3.64. The zero-order valence-electron chi connectivity index (χ0n) is 6.48. The molecule has 0 heterocycles. The van der Waals surface area contributed by atoms with E-state index in [1.54, 1.807) is 0 Å². The fourth-order valence-electron chi connectivity index (χ4n) is 0.458. The molecule has 0 atom stereocenters. The normalized spacial score (nSPS) is 9.45. The predicted octanol–water partition coefficient (Wildman–Crippen LogP) is 0.615. The molecule has 0 saturated carbocycles. The Morgan fingerprint density at radius 3 is 2.36 bits per heavy atom. The van der Waals surface area contributed by atoms with Gasteiger partial charge in [-0.3, -0.25) is 10.1 Å². The summed E-state index contributed by atoms with van der Waals surface area (Å²) in [5.41, 5.74) is 0. The lowest BCUT2D eigenvalue weighted by molar-refractivity contribution is -0.117. The van der Waals surface area contributed by atoms with E-state index < -0.39 is 6.03 Å². The molecule has 0 fully saturated rings. The molecule has 4 nitrogen and oxygen atoms in total. The number of alkyl halides is 1. The molecule has 0 aliphatic heterocycles. The summed E-state index contributed by atoms with van der Waals surface area (Å²) in [6, 6.07) is -0.414. The molecule has 0 unspecified atom stereocenters. The van der Waals surface area contributed by atoms with E-state index in [1.165, 1.54) is 0 Å². The number of hydrogen-bond acceptors (Lipinski definition) is 2. The van der Waals surface area contributed by atoms with E-state index in [0.717, 1.165) is 0 Å². The van der Waals surface area contributed by atoms with E-state index in [2.05, 4.69) is 26.6 Å². The third-order valence-electron chi connectivity index (χ3n) is 0.794. The van der Waals surface area contributed by atoms with Crippen LogP contribution in [0.3, 0.4) is 0 Å². The smallest absolute Gasteiger partial charge is 0.321 e. The van der Waals surface area contributed by atoms with Crippen molar-refractivity contribution in [3.8, 4) is 0 Å². The minimum absolute atomic E-state index is 0.0399. The third-order valence-corrected chi connectivity index (χ3v) is 1.30. The Kier molecular flexibility index (Phi) is 4.85. The van der Waals surface area contributed by atoms with Gasteiger partial charge in [0, 0.05) is 6.04 Å². The van der Waals surface area contributed by atoms with Gasteiger partial charge < -0.3 is 5.32 Å². The maximum atomic E-state index is 10.8. The average Bonchev–Trinajstić information content (AvgIpc) is 1.85. The number of nitrogens with one attached hydrogen (secondary N) is 2. The number of rotatable bonds is 2. The summed E-state index contributed by atoms with van der Waals surface area (Å²) in [5, 5.41) is 4.78. The minimum atomic E-state index is -0.454. The predicted molar refractivity (Wildman–Crippen MR) is 45.6 cm³/mol. The summed E-state index contributed by atoms with van der Waals surface area (Å²) < 4.78 is 0. The number of imide groups is 1. The molecule has 0 aromatic heterocycles. The lowest BCUT2D eigenvalue weighted by Crippen LogP contribution is -2.42. The van der Waals surface area contributed by atoms with Gasteiger partial charge >= 0.3 is 6.03 Å². The molecule has 0 aromatic rings. The maximum Gasteiger partial charge on any atom is 0.321 e. The highest BCUT2D eigenvalue weighted by atomic mass is 79.9. The lowest BCUT2D eigenvalue weighted by Gasteiger charge is -2.07. The molecule has 0 aromatic carbocycles. The van der Waals surface area contributed by atoms with E-state index in [4.69, 9.17) is 0 Å². The molecule has 2 N–H and O–H groups in total. The molecule has 3 amide bonds. The molecule has 0 spiro atoms. The molecular weight excluding hydrogens is 212 g/mol. The Morgan fingerprint density at radius 2 is 2.00 bits per heavy atom. The van der Waals surface area contributed by atoms with Crippen LogP contribution in [0.15, 0.2) is 0 Å². The number of carbonyl (C=O) groups excluding carboxylic acids is 2. The van der Waals surface area contributed by atoms with Gasteiger partial charge in [0.1, 0.15) is 0 Å². The fourth-order valence-corrected chi connectivity index (χ4v) is 0.598. The van der Waals surface area contributed by atoms with Crippen molar-refractivity contribution in [2.45, 2.75) is 19.9 Å². The Bertz CT molecular complexity index is 159. The van der Waals surface area contributed by atoms with E-state index >= 15 is 0 Å². The average molecular weight is 223 g/mol. The van der Waals surface area contributed by atoms with Gasteiger partial charge in [-0.2, -0.15) is 0 Å². The summed E-state index contributed by atoms with van der Waals surface area (Å²) >= 11 is 2.92. The number of hydrogen-bond donors (Lipinski definition) is 2. The zero-order chi connectivity index (χ0) is 8.85. The van der Waals surface area contributed by atoms with Crippen LogP contribution < -0.4 is 10.6 Å². The molecule has 0 aliphatic carbocycles. The van der Waals surface area contributed by atoms with Crippen LogP contribution in [-0.4, -0.2) is 23.3 Å². The lowest BCUT2D eigenvalue weighted by atomic mass is 10.4. The second-order valence-corrected chi connectivity index (χ2v) is 2.87. The van der Waals surface area contributed by atoms with E-state index in [1.807, 2.05) is 13.8 Å². The van der Waals surface area contributed by atoms with E-state index in [-0.39, 0.29) is 17.3 Å². The zero-order valence-corrected chi connectivity index (χ0v) is 8.06. The van der Waals surface area contributed by atoms with Crippen LogP contribution in [-0.2, 0) is 4.79 Å². The summed E-state index contributed by atoms with van der Waals surface area (Å²) in [5.74, 6) is -0.344. The van der Waals surface area contributed by atoms with Gasteiger partial charge in [0.2, 0.25) is 5.91 Å². The van der Waals surface area contributed by atoms with Crippen molar-refractivity contribution in [2.75, 3.05) is 5.33 Å². The number of urea groups is 1. The molecule has 5 heteroatoms. The number of amides is 3. The Morgan fingerprint density at radius 1 is 1.45 bits per heavy atom. The van der Waals surface area contributed by atoms with Gasteiger partial charge in [0.05, 0.1) is 5.33 Å². The highest BCUT2D eigenvalue weighted by molar-refractivity contribution is 9.09. The maximum absolute atomic E-state index is 10.8. The van der Waals surface area contributed by atoms with Gasteiger partial charge in [-0.15, -0.1) is 0 Å². The van der Waals surface area contributed by atoms with Crippen LogP contribution in [0.4, 0.5) is 4.79 Å². The molecule has 0 bridgehead atoms. The fraction of sp³-hybridized carbons (Fsp3) is 0.667. The first kappa shape index (κ1) is 10.4. The van der Waals surface area contributed by atoms with Crippen molar-refractivity contribution in [2.24, 2.45) is 0 Å². The van der Waals surface area contributed by atoms with Crippen molar-refractivity contribution in [3.63, 3.8) is 0 Å². The van der Waals surface area contributed by atoms with Crippen molar-refractivity contribution in [1.29, 1.82) is 0 Å². The second-order valence-electron chi connectivity index (χ2n) is 2.31. The SMILES string of the molecule is CC(C)NC(=O)NC(=O)CBr. The topological polar surface area (TPSA) is 58.2 Å². The van der Waals surface area contributed by atoms with Gasteiger partial charge in [-0.1, -0.05) is 15.9 Å². The monoisotopic (exact) mass is 222 g/mol. The standard InChI is InChI=1S/C6H11BrN2O2/c1-4(2)8-6(11)9-5(10)3-7/h4H,3H2,1-2H3,(H2,8,9,10,11). The molecule has 64 valence electrons. The summed E-state index contributed by atoms with van der Waals surface area (Å²) in [7, 11) is 0. The Hall–Kier alpha value is -0.580. The van der Waals surface area contributed by atoms with Crippen LogP contribution in [0.2, 0.25) is 0 Å². The molecule has 0 aliphatic rings. The van der Waals surface area contributed by atoms with Crippen LogP contribution >= 0.6 is 15.9 Å². The molecule has 0 radical (unpaired) electrons. The van der Waals surface area contributed by atoms with E-state index in [9.17, 15) is 9.59 Å². The van der Waals surface area contributed by atoms with Gasteiger partial charge in [-0.05, 0) is 13.8 Å². The van der Waals surface area contributed by atoms with Crippen LogP contribution in [0.5, 0.6) is 0 Å². The summed E-state index contributed by atoms with van der Waals surface area (Å²) in [6.07, 6.45) is 0. The first-order valence-electron chi connectivity index (χ1n) is 3.22. The molecule has 11 heavy (non-hydrogen) atoms. The molecule has 0 rings (SSSR count). The van der Waals surface area contributed by atoms with Crippen LogP contribution in [0.1, 0.15) is 13.8 Å². The Balaban J connectivity index is 3.61. The number of carbonyl (C=O) groups is 2. The third kappa shape index (κ3) is 5.84. The highest BCUT2D eigenvalue weighted by Gasteiger charge is 2.05. The second kappa shape index (κ2) is 5.12. The van der Waals surface area contributed by atoms with Crippen molar-refractivity contribution in [3.05, 3.63) is 0 Å². The van der Waals surface area contributed by atoms with Gasteiger partial charge in [0.15, 0.2) is 0 Å². The van der Waals surface area contributed by atoms with Crippen molar-refractivity contribution < 1.29 is 9.59 Å². The Labute approximate surface area is 73.9 Å². The first-order valence-corrected chi connectivity index (χ1v) is 4.34. The number of halogens is 1. The van der Waals surface area contributed by atoms with Crippen molar-refractivity contribution >= 4 is 27.9 Å². The first-order chi connectivity index (χ1) is 5.06. The van der Waals surface area contributed by atoms with E-state index in [0.29, 0.717) is 0 Å². The minimum Gasteiger partial charge on any atom is -0.336 e. The largest absolute Gasteiger partial charge is 0.336 e. The summed E-state index contributed by atoms with van der Waals surface area (Å²) in [4.78, 5) is 21.3. The van der Waals surface area contributed by atoms with Gasteiger partial charge in [-0.25, -0.2) is 4.79 Å². The molecular formula is C6H11BrN2O2. The molecule has 0 saturated heterocycles.